The highest BCUT2D eigenvalue weighted by Crippen LogP contribution is 2.36. The summed E-state index contributed by atoms with van der Waals surface area (Å²) < 4.78 is 20.5. The number of halogens is 1. The molecule has 38 heavy (non-hydrogen) atoms. The zero-order chi connectivity index (χ0) is 27.2. The maximum Gasteiger partial charge on any atom is 0.272 e. The number of alkyl halides is 1. The summed E-state index contributed by atoms with van der Waals surface area (Å²) in [5.74, 6) is -0.519. The maximum absolute atomic E-state index is 13.5. The molecule has 0 spiro atoms. The number of hydrogen-bond acceptors (Lipinski definition) is 6. The number of anilines is 1. The second kappa shape index (κ2) is 12.6. The molecular formula is C27H38FN5O5. The van der Waals surface area contributed by atoms with Crippen molar-refractivity contribution in [2.45, 2.75) is 64.3 Å². The van der Waals surface area contributed by atoms with Crippen LogP contribution in [-0.2, 0) is 23.1 Å². The van der Waals surface area contributed by atoms with E-state index in [0.29, 0.717) is 54.8 Å². The number of rotatable bonds is 9. The minimum absolute atomic E-state index is 0.0216. The highest BCUT2D eigenvalue weighted by atomic mass is 19.1. The number of nitrogens with one attached hydrogen (secondary N) is 2. The third-order valence-electron chi connectivity index (χ3n) is 7.62. The Balaban J connectivity index is 1.62. The summed E-state index contributed by atoms with van der Waals surface area (Å²) in [5.41, 5.74) is 2.03. The molecule has 10 nitrogen and oxygen atoms in total. The number of likely N-dealkylation sites (tertiary alicyclic amines) is 1. The van der Waals surface area contributed by atoms with Gasteiger partial charge in [0.15, 0.2) is 11.4 Å². The lowest BCUT2D eigenvalue weighted by Gasteiger charge is -2.32. The summed E-state index contributed by atoms with van der Waals surface area (Å²) in [5, 5.41) is 15.7. The van der Waals surface area contributed by atoms with Crippen LogP contribution in [0.3, 0.4) is 0 Å². The van der Waals surface area contributed by atoms with Crippen molar-refractivity contribution in [1.29, 1.82) is 0 Å². The number of aryl methyl sites for hydroxylation is 2. The van der Waals surface area contributed by atoms with Gasteiger partial charge in [-0.25, -0.2) is 9.37 Å². The van der Waals surface area contributed by atoms with Crippen LogP contribution >= 0.6 is 0 Å². The van der Waals surface area contributed by atoms with Crippen molar-refractivity contribution in [3.8, 4) is 5.75 Å². The Kier molecular flexibility index (Phi) is 9.19. The van der Waals surface area contributed by atoms with Crippen LogP contribution in [-0.4, -0.2) is 76.3 Å². The molecule has 1 saturated heterocycles. The van der Waals surface area contributed by atoms with Crippen molar-refractivity contribution in [3.05, 3.63) is 17.5 Å². The van der Waals surface area contributed by atoms with E-state index in [0.717, 1.165) is 32.1 Å². The van der Waals surface area contributed by atoms with Crippen LogP contribution in [0.5, 0.6) is 5.75 Å². The maximum atomic E-state index is 13.5. The minimum atomic E-state index is -0.722. The van der Waals surface area contributed by atoms with Gasteiger partial charge in [-0.2, -0.15) is 0 Å². The molecule has 3 heterocycles. The van der Waals surface area contributed by atoms with Gasteiger partial charge in [0, 0.05) is 32.1 Å². The summed E-state index contributed by atoms with van der Waals surface area (Å²) in [6.45, 7) is 1.36. The molecule has 2 fully saturated rings. The smallest absolute Gasteiger partial charge is 0.272 e. The zero-order valence-electron chi connectivity index (χ0n) is 22.2. The van der Waals surface area contributed by atoms with Crippen LogP contribution in [0.15, 0.2) is 6.07 Å². The number of pyridine rings is 1. The Bertz CT molecular complexity index is 1170. The fourth-order valence-corrected chi connectivity index (χ4v) is 5.50. The van der Waals surface area contributed by atoms with Crippen LogP contribution in [0.25, 0.3) is 11.0 Å². The number of nitrogens with zero attached hydrogens (tertiary/aromatic N) is 3. The largest absolute Gasteiger partial charge is 0.488 e. The Morgan fingerprint density at radius 2 is 1.87 bits per heavy atom. The van der Waals surface area contributed by atoms with Gasteiger partial charge in [-0.3, -0.25) is 14.4 Å². The third kappa shape index (κ3) is 5.92. The number of fused-ring (bicyclic) bond motifs is 1. The van der Waals surface area contributed by atoms with E-state index in [9.17, 15) is 18.8 Å². The highest BCUT2D eigenvalue weighted by Gasteiger charge is 2.29. The Hall–Kier alpha value is -3.21. The molecule has 3 N–H and O–H groups in total. The van der Waals surface area contributed by atoms with Gasteiger partial charge in [0.25, 0.3) is 5.91 Å². The topological polar surface area (TPSA) is 126 Å². The number of aromatic nitrogens is 2. The first-order valence-corrected chi connectivity index (χ1v) is 13.6. The van der Waals surface area contributed by atoms with Crippen LogP contribution in [0, 0.1) is 5.92 Å². The third-order valence-corrected chi connectivity index (χ3v) is 7.62. The predicted octanol–water partition coefficient (Wildman–Crippen LogP) is 2.72. The summed E-state index contributed by atoms with van der Waals surface area (Å²) >= 11 is 0. The second-order valence-electron chi connectivity index (χ2n) is 10.1. The molecule has 0 unspecified atom stereocenters. The fourth-order valence-electron chi connectivity index (χ4n) is 5.50. The first kappa shape index (κ1) is 27.8. The van der Waals surface area contributed by atoms with Crippen molar-refractivity contribution in [2.24, 2.45) is 13.0 Å². The average molecular weight is 532 g/mol. The van der Waals surface area contributed by atoms with Gasteiger partial charge in [-0.1, -0.05) is 26.2 Å². The van der Waals surface area contributed by atoms with E-state index in [2.05, 4.69) is 10.6 Å². The normalized spacial score (nSPS) is 17.0. The molecule has 1 aliphatic carbocycles. The fraction of sp³-hybridized carbons (Fsp3) is 0.630. The number of aliphatic hydroxyl groups is 1. The summed E-state index contributed by atoms with van der Waals surface area (Å²) in [4.78, 5) is 44.5. The monoisotopic (exact) mass is 531 g/mol. The number of carbonyl (C=O) groups excluding carboxylic acids is 3. The lowest BCUT2D eigenvalue weighted by atomic mass is 9.88. The molecule has 2 aromatic rings. The van der Waals surface area contributed by atoms with E-state index >= 15 is 0 Å². The van der Waals surface area contributed by atoms with Gasteiger partial charge in [0.05, 0.1) is 16.8 Å². The second-order valence-corrected chi connectivity index (χ2v) is 10.1. The van der Waals surface area contributed by atoms with Crippen molar-refractivity contribution in [1.82, 2.24) is 19.8 Å². The van der Waals surface area contributed by atoms with Gasteiger partial charge in [-0.05, 0) is 38.2 Å². The van der Waals surface area contributed by atoms with Gasteiger partial charge in [-0.15, -0.1) is 0 Å². The quantitative estimate of drug-likeness (QED) is 0.457. The average Bonchev–Trinajstić information content (AvgIpc) is 3.21. The molecule has 0 aromatic carbocycles. The van der Waals surface area contributed by atoms with E-state index in [-0.39, 0.29) is 47.7 Å². The summed E-state index contributed by atoms with van der Waals surface area (Å²) in [6, 6.07) is 1.62. The van der Waals surface area contributed by atoms with Gasteiger partial charge < -0.3 is 29.9 Å². The predicted molar refractivity (Wildman–Crippen MR) is 141 cm³/mol. The number of amides is 3. The number of hydrogen-bond donors (Lipinski definition) is 3. The highest BCUT2D eigenvalue weighted by molar-refractivity contribution is 6.05. The molecule has 11 heteroatoms. The van der Waals surface area contributed by atoms with Crippen LogP contribution in [0.1, 0.15) is 68.1 Å². The van der Waals surface area contributed by atoms with Crippen molar-refractivity contribution in [3.63, 3.8) is 0 Å². The van der Waals surface area contributed by atoms with Crippen LogP contribution < -0.4 is 15.4 Å². The van der Waals surface area contributed by atoms with E-state index < -0.39 is 13.3 Å². The van der Waals surface area contributed by atoms with Gasteiger partial charge in [0.2, 0.25) is 11.8 Å². The first-order chi connectivity index (χ1) is 18.4. The van der Waals surface area contributed by atoms with E-state index in [4.69, 9.17) is 14.8 Å². The molecule has 0 bridgehead atoms. The molecule has 208 valence electrons. The van der Waals surface area contributed by atoms with Crippen LogP contribution in [0.2, 0.25) is 0 Å². The Morgan fingerprint density at radius 3 is 2.50 bits per heavy atom. The Morgan fingerprint density at radius 1 is 1.16 bits per heavy atom. The number of carbonyl (C=O) groups is 3. The zero-order valence-corrected chi connectivity index (χ0v) is 22.2. The van der Waals surface area contributed by atoms with Gasteiger partial charge in [0.1, 0.15) is 25.5 Å². The van der Waals surface area contributed by atoms with E-state index in [1.807, 2.05) is 6.92 Å². The summed E-state index contributed by atoms with van der Waals surface area (Å²) in [7, 11) is 1.72. The first-order valence-electron chi connectivity index (χ1n) is 13.6. The SMILES string of the molecule is CCc1nc2c(cc1NC(=O)C1CCCCC1)c(OCCF)c(C(=O)NC1CCN(C(=O)CO)CC1)n2C. The lowest BCUT2D eigenvalue weighted by Crippen LogP contribution is -2.47. The van der Waals surface area contributed by atoms with Crippen LogP contribution in [0.4, 0.5) is 10.1 Å². The molecule has 2 aromatic heterocycles. The van der Waals surface area contributed by atoms with E-state index in [1.165, 1.54) is 0 Å². The number of aliphatic hydroxyl groups excluding tert-OH is 1. The number of piperidine rings is 1. The van der Waals surface area contributed by atoms with Gasteiger partial charge >= 0.3 is 0 Å². The molecular weight excluding hydrogens is 493 g/mol. The molecule has 4 rings (SSSR count). The molecule has 2 aliphatic rings. The molecule has 3 amide bonds. The molecule has 0 radical (unpaired) electrons. The van der Waals surface area contributed by atoms with Crippen molar-refractivity contribution < 1.29 is 28.6 Å². The van der Waals surface area contributed by atoms with Crippen molar-refractivity contribution in [2.75, 3.05) is 38.3 Å². The summed E-state index contributed by atoms with van der Waals surface area (Å²) in [6.07, 6.45) is 6.68. The van der Waals surface area contributed by atoms with E-state index in [1.54, 1.807) is 22.6 Å². The molecule has 1 aliphatic heterocycles. The standard InChI is InChI=1S/C27H38FN5O5/c1-3-20-21(31-26(36)17-7-5-4-6-8-17)15-19-24(38-14-11-28)23(32(2)25(19)30-20)27(37)29-18-9-12-33(13-10-18)22(35)16-34/h15,17-18,34H,3-14,16H2,1-2H3,(H,29,37)(H,31,36). The van der Waals surface area contributed by atoms with Crippen molar-refractivity contribution >= 4 is 34.4 Å². The molecule has 0 atom stereocenters. The number of ether oxygens (including phenoxy) is 1. The molecule has 1 saturated carbocycles. The Labute approximate surface area is 221 Å². The lowest BCUT2D eigenvalue weighted by molar-refractivity contribution is -0.135. The minimum Gasteiger partial charge on any atom is -0.488 e.